The zero-order chi connectivity index (χ0) is 9.84. The van der Waals surface area contributed by atoms with Crippen LogP contribution in [0, 0.1) is 0 Å². The van der Waals surface area contributed by atoms with Gasteiger partial charge in [-0.25, -0.2) is 10.2 Å². The van der Waals surface area contributed by atoms with E-state index in [9.17, 15) is 9.59 Å². The number of amides is 1. The minimum Gasteiger partial charge on any atom is -0.467 e. The molecule has 0 bridgehead atoms. The van der Waals surface area contributed by atoms with Crippen molar-refractivity contribution in [2.24, 2.45) is 0 Å². The molecule has 0 aromatic carbocycles. The summed E-state index contributed by atoms with van der Waals surface area (Å²) >= 11 is 0. The zero-order valence-electron chi connectivity index (χ0n) is 7.87. The van der Waals surface area contributed by atoms with Crippen LogP contribution in [-0.2, 0) is 14.3 Å². The number of rotatable bonds is 1. The standard InChI is InChI=1S/C8H14N2O3/c1-6(11)10-7(8(12)13-2)4-3-5-9-10/h7,9H,3-5H2,1-2H3. The van der Waals surface area contributed by atoms with Crippen LogP contribution in [0.2, 0.25) is 0 Å². The van der Waals surface area contributed by atoms with Crippen LogP contribution in [0.15, 0.2) is 0 Å². The first-order chi connectivity index (χ1) is 6.16. The van der Waals surface area contributed by atoms with Gasteiger partial charge >= 0.3 is 5.97 Å². The second kappa shape index (κ2) is 4.23. The summed E-state index contributed by atoms with van der Waals surface area (Å²) in [5.74, 6) is -0.516. The number of nitrogens with one attached hydrogen (secondary N) is 1. The molecule has 5 heteroatoms. The molecule has 1 heterocycles. The summed E-state index contributed by atoms with van der Waals surface area (Å²) < 4.78 is 4.60. The van der Waals surface area contributed by atoms with E-state index in [0.29, 0.717) is 6.42 Å². The largest absolute Gasteiger partial charge is 0.467 e. The van der Waals surface area contributed by atoms with E-state index < -0.39 is 6.04 Å². The SMILES string of the molecule is COC(=O)C1CCCNN1C(C)=O. The van der Waals surface area contributed by atoms with Gasteiger partial charge in [0.25, 0.3) is 0 Å². The molecule has 13 heavy (non-hydrogen) atoms. The van der Waals surface area contributed by atoms with E-state index in [1.807, 2.05) is 0 Å². The number of hydrogen-bond acceptors (Lipinski definition) is 4. The topological polar surface area (TPSA) is 58.6 Å². The summed E-state index contributed by atoms with van der Waals surface area (Å²) in [5.41, 5.74) is 2.87. The lowest BCUT2D eigenvalue weighted by Gasteiger charge is -2.33. The fraction of sp³-hybridized carbons (Fsp3) is 0.750. The van der Waals surface area contributed by atoms with Crippen molar-refractivity contribution in [1.29, 1.82) is 0 Å². The summed E-state index contributed by atoms with van der Waals surface area (Å²) in [6.07, 6.45) is 1.54. The van der Waals surface area contributed by atoms with Crippen molar-refractivity contribution in [1.82, 2.24) is 10.4 Å². The molecular formula is C8H14N2O3. The zero-order valence-corrected chi connectivity index (χ0v) is 7.87. The Kier molecular flexibility index (Phi) is 3.25. The van der Waals surface area contributed by atoms with E-state index in [-0.39, 0.29) is 11.9 Å². The highest BCUT2D eigenvalue weighted by molar-refractivity contribution is 5.83. The van der Waals surface area contributed by atoms with Crippen molar-refractivity contribution in [3.05, 3.63) is 0 Å². The Morgan fingerprint density at radius 3 is 2.77 bits per heavy atom. The molecule has 1 amide bonds. The lowest BCUT2D eigenvalue weighted by atomic mass is 10.1. The van der Waals surface area contributed by atoms with Crippen molar-refractivity contribution < 1.29 is 14.3 Å². The van der Waals surface area contributed by atoms with Crippen LogP contribution in [0.25, 0.3) is 0 Å². The van der Waals surface area contributed by atoms with Crippen LogP contribution in [0.1, 0.15) is 19.8 Å². The minimum atomic E-state index is -0.462. The first kappa shape index (κ1) is 9.98. The van der Waals surface area contributed by atoms with Gasteiger partial charge in [-0.1, -0.05) is 0 Å². The molecule has 0 spiro atoms. The Labute approximate surface area is 77.0 Å². The number of methoxy groups -OCH3 is 1. The van der Waals surface area contributed by atoms with Crippen molar-refractivity contribution >= 4 is 11.9 Å². The average molecular weight is 186 g/mol. The molecule has 1 N–H and O–H groups in total. The highest BCUT2D eigenvalue weighted by Gasteiger charge is 2.30. The lowest BCUT2D eigenvalue weighted by Crippen LogP contribution is -2.55. The second-order valence-electron chi connectivity index (χ2n) is 2.98. The summed E-state index contributed by atoms with van der Waals surface area (Å²) in [6, 6.07) is -0.462. The first-order valence-electron chi connectivity index (χ1n) is 4.28. The Morgan fingerprint density at radius 2 is 2.23 bits per heavy atom. The maximum absolute atomic E-state index is 11.2. The number of esters is 1. The molecule has 74 valence electrons. The molecule has 1 fully saturated rings. The molecular weight excluding hydrogens is 172 g/mol. The van der Waals surface area contributed by atoms with Crippen LogP contribution < -0.4 is 5.43 Å². The van der Waals surface area contributed by atoms with Gasteiger partial charge in [-0.3, -0.25) is 9.80 Å². The monoisotopic (exact) mass is 186 g/mol. The molecule has 0 aromatic rings. The summed E-state index contributed by atoms with van der Waals surface area (Å²) in [6.45, 7) is 2.15. The molecule has 0 aromatic heterocycles. The van der Waals surface area contributed by atoms with Gasteiger partial charge in [0.1, 0.15) is 6.04 Å². The molecule has 1 aliphatic rings. The van der Waals surface area contributed by atoms with Crippen LogP contribution in [0.5, 0.6) is 0 Å². The molecule has 1 unspecified atom stereocenters. The van der Waals surface area contributed by atoms with Gasteiger partial charge in [0, 0.05) is 13.5 Å². The fourth-order valence-corrected chi connectivity index (χ4v) is 1.42. The van der Waals surface area contributed by atoms with Crippen molar-refractivity contribution in [3.63, 3.8) is 0 Å². The van der Waals surface area contributed by atoms with E-state index >= 15 is 0 Å². The predicted molar refractivity (Wildman–Crippen MR) is 45.6 cm³/mol. The first-order valence-corrected chi connectivity index (χ1v) is 4.28. The second-order valence-corrected chi connectivity index (χ2v) is 2.98. The summed E-state index contributed by atoms with van der Waals surface area (Å²) in [4.78, 5) is 22.3. The van der Waals surface area contributed by atoms with Crippen LogP contribution >= 0.6 is 0 Å². The Balaban J connectivity index is 2.67. The van der Waals surface area contributed by atoms with Crippen molar-refractivity contribution in [3.8, 4) is 0 Å². The Morgan fingerprint density at radius 1 is 1.54 bits per heavy atom. The molecule has 0 aliphatic carbocycles. The van der Waals surface area contributed by atoms with Gasteiger partial charge in [0.15, 0.2) is 0 Å². The summed E-state index contributed by atoms with van der Waals surface area (Å²) in [7, 11) is 1.33. The number of carbonyl (C=O) groups is 2. The molecule has 0 saturated carbocycles. The Hall–Kier alpha value is -1.10. The number of nitrogens with zero attached hydrogens (tertiary/aromatic N) is 1. The maximum atomic E-state index is 11.2. The average Bonchev–Trinajstić information content (AvgIpc) is 2.16. The molecule has 1 atom stereocenters. The third-order valence-corrected chi connectivity index (χ3v) is 2.06. The molecule has 1 rings (SSSR count). The maximum Gasteiger partial charge on any atom is 0.330 e. The van der Waals surface area contributed by atoms with E-state index in [4.69, 9.17) is 0 Å². The van der Waals surface area contributed by atoms with Crippen LogP contribution in [-0.4, -0.2) is 36.6 Å². The highest BCUT2D eigenvalue weighted by Crippen LogP contribution is 2.11. The third kappa shape index (κ3) is 2.18. The van der Waals surface area contributed by atoms with Gasteiger partial charge in [-0.2, -0.15) is 0 Å². The van der Waals surface area contributed by atoms with E-state index in [1.165, 1.54) is 19.0 Å². The van der Waals surface area contributed by atoms with Gasteiger partial charge in [0.2, 0.25) is 5.91 Å². The number of carbonyl (C=O) groups excluding carboxylic acids is 2. The molecule has 0 radical (unpaired) electrons. The quantitative estimate of drug-likeness (QED) is 0.570. The Bertz CT molecular complexity index is 217. The molecule has 1 saturated heterocycles. The molecule has 5 nitrogen and oxygen atoms in total. The van der Waals surface area contributed by atoms with Crippen LogP contribution in [0.3, 0.4) is 0 Å². The predicted octanol–water partition coefficient (Wildman–Crippen LogP) is -0.325. The van der Waals surface area contributed by atoms with Crippen molar-refractivity contribution in [2.45, 2.75) is 25.8 Å². The summed E-state index contributed by atoms with van der Waals surface area (Å²) in [5, 5.41) is 1.34. The number of hydrazine groups is 1. The smallest absolute Gasteiger partial charge is 0.330 e. The van der Waals surface area contributed by atoms with Crippen molar-refractivity contribution in [2.75, 3.05) is 13.7 Å². The van der Waals surface area contributed by atoms with Gasteiger partial charge in [-0.05, 0) is 12.8 Å². The van der Waals surface area contributed by atoms with Gasteiger partial charge < -0.3 is 4.74 Å². The van der Waals surface area contributed by atoms with E-state index in [1.54, 1.807) is 0 Å². The normalized spacial score (nSPS) is 22.6. The fourth-order valence-electron chi connectivity index (χ4n) is 1.42. The third-order valence-electron chi connectivity index (χ3n) is 2.06. The van der Waals surface area contributed by atoms with E-state index in [0.717, 1.165) is 13.0 Å². The lowest BCUT2D eigenvalue weighted by molar-refractivity contribution is -0.157. The minimum absolute atomic E-state index is 0.157. The van der Waals surface area contributed by atoms with Gasteiger partial charge in [-0.15, -0.1) is 0 Å². The van der Waals surface area contributed by atoms with E-state index in [2.05, 4.69) is 10.2 Å². The van der Waals surface area contributed by atoms with Gasteiger partial charge in [0.05, 0.1) is 7.11 Å². The number of ether oxygens (including phenoxy) is 1. The molecule has 1 aliphatic heterocycles. The highest BCUT2D eigenvalue weighted by atomic mass is 16.5. The van der Waals surface area contributed by atoms with Crippen LogP contribution in [0.4, 0.5) is 0 Å². The number of hydrogen-bond donors (Lipinski definition) is 1.